The van der Waals surface area contributed by atoms with Gasteiger partial charge in [0.2, 0.25) is 0 Å². The highest BCUT2D eigenvalue weighted by Crippen LogP contribution is 2.38. The molecule has 0 saturated heterocycles. The number of hydrogen-bond donors (Lipinski definition) is 3. The number of furan rings is 1. The zero-order chi connectivity index (χ0) is 19.8. The van der Waals surface area contributed by atoms with E-state index in [0.717, 1.165) is 10.9 Å². The molecule has 0 aliphatic heterocycles. The summed E-state index contributed by atoms with van der Waals surface area (Å²) in [6, 6.07) is 12.3. The SMILES string of the molecule is CCOC(=O)c1c(O)c(NC(=O)c2ccc(C)o2)cc2c1[nH]c1ccccc12. The van der Waals surface area contributed by atoms with E-state index in [-0.39, 0.29) is 29.4 Å². The molecule has 0 fully saturated rings. The topological polar surface area (TPSA) is 105 Å². The van der Waals surface area contributed by atoms with Gasteiger partial charge in [-0.15, -0.1) is 0 Å². The van der Waals surface area contributed by atoms with Gasteiger partial charge in [-0.05, 0) is 38.1 Å². The second kappa shape index (κ2) is 6.77. The van der Waals surface area contributed by atoms with Crippen LogP contribution >= 0.6 is 0 Å². The second-order valence-electron chi connectivity index (χ2n) is 6.33. The molecule has 4 aromatic rings. The van der Waals surface area contributed by atoms with Gasteiger partial charge in [-0.25, -0.2) is 4.79 Å². The van der Waals surface area contributed by atoms with Crippen molar-refractivity contribution in [3.63, 3.8) is 0 Å². The first-order chi connectivity index (χ1) is 13.5. The summed E-state index contributed by atoms with van der Waals surface area (Å²) in [5.41, 5.74) is 1.32. The van der Waals surface area contributed by atoms with Crippen molar-refractivity contribution in [3.8, 4) is 5.75 Å². The van der Waals surface area contributed by atoms with Crippen molar-refractivity contribution < 1.29 is 23.8 Å². The highest BCUT2D eigenvalue weighted by Gasteiger charge is 2.24. The summed E-state index contributed by atoms with van der Waals surface area (Å²) in [6.07, 6.45) is 0. The minimum atomic E-state index is -0.679. The Morgan fingerprint density at radius 3 is 2.68 bits per heavy atom. The molecule has 7 nitrogen and oxygen atoms in total. The Labute approximate surface area is 159 Å². The van der Waals surface area contributed by atoms with E-state index in [1.165, 1.54) is 6.07 Å². The van der Waals surface area contributed by atoms with Crippen molar-refractivity contribution in [2.45, 2.75) is 13.8 Å². The standard InChI is InChI=1S/C21H18N2O5/c1-3-27-21(26)17-18-13(12-6-4-5-7-14(12)22-18)10-15(19(17)24)23-20(25)16-9-8-11(2)28-16/h4-10,22,24H,3H2,1-2H3,(H,23,25). The van der Waals surface area contributed by atoms with Crippen LogP contribution < -0.4 is 5.32 Å². The number of anilines is 1. The third-order valence-electron chi connectivity index (χ3n) is 4.47. The lowest BCUT2D eigenvalue weighted by Gasteiger charge is -2.12. The summed E-state index contributed by atoms with van der Waals surface area (Å²) in [4.78, 5) is 28.2. The number of aromatic hydroxyl groups is 1. The van der Waals surface area contributed by atoms with Crippen LogP contribution in [0.3, 0.4) is 0 Å². The number of para-hydroxylation sites is 1. The zero-order valence-electron chi connectivity index (χ0n) is 15.3. The van der Waals surface area contributed by atoms with Crippen molar-refractivity contribution in [2.75, 3.05) is 11.9 Å². The minimum absolute atomic E-state index is 0.0264. The van der Waals surface area contributed by atoms with Crippen LogP contribution in [-0.4, -0.2) is 28.6 Å². The highest BCUT2D eigenvalue weighted by atomic mass is 16.5. The number of ether oxygens (including phenoxy) is 1. The monoisotopic (exact) mass is 378 g/mol. The molecular formula is C21H18N2O5. The lowest BCUT2D eigenvalue weighted by molar-refractivity contribution is 0.0525. The Morgan fingerprint density at radius 1 is 1.18 bits per heavy atom. The molecule has 3 N–H and O–H groups in total. The van der Waals surface area contributed by atoms with Crippen LogP contribution in [-0.2, 0) is 4.74 Å². The van der Waals surface area contributed by atoms with Gasteiger partial charge < -0.3 is 24.6 Å². The van der Waals surface area contributed by atoms with Gasteiger partial charge in [0.1, 0.15) is 11.3 Å². The van der Waals surface area contributed by atoms with E-state index in [1.807, 2.05) is 24.3 Å². The van der Waals surface area contributed by atoms with E-state index in [9.17, 15) is 14.7 Å². The fourth-order valence-corrected chi connectivity index (χ4v) is 3.21. The van der Waals surface area contributed by atoms with E-state index in [4.69, 9.17) is 9.15 Å². The first-order valence-corrected chi connectivity index (χ1v) is 8.81. The largest absolute Gasteiger partial charge is 0.505 e. The molecule has 0 aliphatic rings. The number of aromatic nitrogens is 1. The number of hydrogen-bond acceptors (Lipinski definition) is 5. The summed E-state index contributed by atoms with van der Waals surface area (Å²) >= 11 is 0. The number of H-pyrrole nitrogens is 1. The first kappa shape index (κ1) is 17.7. The Morgan fingerprint density at radius 2 is 1.96 bits per heavy atom. The van der Waals surface area contributed by atoms with Crippen molar-refractivity contribution in [1.29, 1.82) is 0 Å². The summed E-state index contributed by atoms with van der Waals surface area (Å²) in [5, 5.41) is 14.9. The Bertz CT molecular complexity index is 1220. The van der Waals surface area contributed by atoms with Gasteiger partial charge in [-0.1, -0.05) is 18.2 Å². The number of carbonyl (C=O) groups is 2. The zero-order valence-corrected chi connectivity index (χ0v) is 15.3. The number of aryl methyl sites for hydroxylation is 1. The Kier molecular flexibility index (Phi) is 4.27. The van der Waals surface area contributed by atoms with Crippen LogP contribution in [0.15, 0.2) is 46.9 Å². The average Bonchev–Trinajstić information content (AvgIpc) is 3.26. The van der Waals surface area contributed by atoms with Crippen LogP contribution in [0, 0.1) is 6.92 Å². The highest BCUT2D eigenvalue weighted by molar-refractivity contribution is 6.18. The molecule has 2 heterocycles. The van der Waals surface area contributed by atoms with Gasteiger partial charge in [-0.2, -0.15) is 0 Å². The molecule has 0 aliphatic carbocycles. The molecule has 2 aromatic carbocycles. The van der Waals surface area contributed by atoms with E-state index in [0.29, 0.717) is 16.7 Å². The fourth-order valence-electron chi connectivity index (χ4n) is 3.21. The van der Waals surface area contributed by atoms with E-state index < -0.39 is 11.9 Å². The van der Waals surface area contributed by atoms with E-state index in [1.54, 1.807) is 26.0 Å². The van der Waals surface area contributed by atoms with Gasteiger partial charge >= 0.3 is 5.97 Å². The van der Waals surface area contributed by atoms with Crippen LogP contribution in [0.4, 0.5) is 5.69 Å². The van der Waals surface area contributed by atoms with Crippen LogP contribution in [0.25, 0.3) is 21.8 Å². The third-order valence-corrected chi connectivity index (χ3v) is 4.47. The predicted molar refractivity (Wildman–Crippen MR) is 105 cm³/mol. The van der Waals surface area contributed by atoms with Crippen molar-refractivity contribution in [1.82, 2.24) is 4.98 Å². The number of esters is 1. The molecule has 7 heteroatoms. The lowest BCUT2D eigenvalue weighted by atomic mass is 10.1. The number of phenolic OH excluding ortho intramolecular Hbond substituents is 1. The molecule has 0 atom stereocenters. The van der Waals surface area contributed by atoms with Gasteiger partial charge in [0, 0.05) is 16.3 Å². The van der Waals surface area contributed by atoms with Crippen LogP contribution in [0.2, 0.25) is 0 Å². The normalized spacial score (nSPS) is 11.1. The van der Waals surface area contributed by atoms with E-state index >= 15 is 0 Å². The molecule has 0 saturated carbocycles. The molecule has 4 rings (SSSR count). The number of aromatic amines is 1. The third kappa shape index (κ3) is 2.87. The summed E-state index contributed by atoms with van der Waals surface area (Å²) < 4.78 is 10.4. The lowest BCUT2D eigenvalue weighted by Crippen LogP contribution is -2.13. The Balaban J connectivity index is 1.90. The molecular weight excluding hydrogens is 360 g/mol. The van der Waals surface area contributed by atoms with Gasteiger partial charge in [0.25, 0.3) is 5.91 Å². The quantitative estimate of drug-likeness (QED) is 0.362. The van der Waals surface area contributed by atoms with E-state index in [2.05, 4.69) is 10.3 Å². The molecule has 28 heavy (non-hydrogen) atoms. The maximum absolute atomic E-state index is 12.5. The molecule has 0 unspecified atom stereocenters. The smallest absolute Gasteiger partial charge is 0.344 e. The fraction of sp³-hybridized carbons (Fsp3) is 0.143. The van der Waals surface area contributed by atoms with Crippen molar-refractivity contribution >= 4 is 39.4 Å². The maximum atomic E-state index is 12.5. The summed E-state index contributed by atoms with van der Waals surface area (Å²) in [7, 11) is 0. The number of amides is 1. The van der Waals surface area contributed by atoms with Gasteiger partial charge in [0.05, 0.1) is 17.8 Å². The second-order valence-corrected chi connectivity index (χ2v) is 6.33. The molecule has 0 radical (unpaired) electrons. The van der Waals surface area contributed by atoms with Crippen molar-refractivity contribution in [3.05, 3.63) is 59.5 Å². The predicted octanol–water partition coefficient (Wildman–Crippen LogP) is 4.36. The Hall–Kier alpha value is -3.74. The van der Waals surface area contributed by atoms with Gasteiger partial charge in [-0.3, -0.25) is 4.79 Å². The van der Waals surface area contributed by atoms with Crippen molar-refractivity contribution in [2.24, 2.45) is 0 Å². The number of rotatable bonds is 4. The van der Waals surface area contributed by atoms with Crippen LogP contribution in [0.1, 0.15) is 33.6 Å². The van der Waals surface area contributed by atoms with Crippen LogP contribution in [0.5, 0.6) is 5.75 Å². The number of phenols is 1. The molecule has 0 spiro atoms. The summed E-state index contributed by atoms with van der Waals surface area (Å²) in [6.45, 7) is 3.57. The van der Waals surface area contributed by atoms with Gasteiger partial charge in [0.15, 0.2) is 11.5 Å². The molecule has 0 bridgehead atoms. The molecule has 2 aromatic heterocycles. The first-order valence-electron chi connectivity index (χ1n) is 8.81. The number of fused-ring (bicyclic) bond motifs is 3. The number of carbonyl (C=O) groups excluding carboxylic acids is 2. The molecule has 1 amide bonds. The minimum Gasteiger partial charge on any atom is -0.505 e. The summed E-state index contributed by atoms with van der Waals surface area (Å²) in [5.74, 6) is -0.879. The molecule has 142 valence electrons. The number of benzene rings is 2. The number of nitrogens with one attached hydrogen (secondary N) is 2. The maximum Gasteiger partial charge on any atom is 0.344 e. The average molecular weight is 378 g/mol.